The minimum atomic E-state index is -2.36. The van der Waals surface area contributed by atoms with Crippen LogP contribution in [-0.4, -0.2) is 143 Å². The summed E-state index contributed by atoms with van der Waals surface area (Å²) in [6.45, 7) is -0.556. The highest BCUT2D eigenvalue weighted by Gasteiger charge is 2.50. The zero-order valence-electron chi connectivity index (χ0n) is 57.1. The molecule has 9 aromatic rings. The smallest absolute Gasteiger partial charge is 0.233 e. The molecule has 3 aliphatic carbocycles. The van der Waals surface area contributed by atoms with E-state index in [9.17, 15) is 15.3 Å². The van der Waals surface area contributed by atoms with Crippen molar-refractivity contribution in [1.29, 1.82) is 0 Å². The first-order valence-electron chi connectivity index (χ1n) is 33.7. The van der Waals surface area contributed by atoms with Gasteiger partial charge in [0.1, 0.15) is 69.7 Å². The van der Waals surface area contributed by atoms with E-state index in [0.717, 1.165) is 52.6 Å². The number of hydrogen-bond donors (Lipinski definition) is 6. The standard InChI is InChI=1S/3C21H24N6O2/c3*1-13-7-16(9-21(24-13)5-6-21)29-19-4-3-17(25-26-19)20-18(28)8-14(10-22-20)15-11-23-27(2)12-15/h3*3-4,8,10-13,16,24,28H,5-7,9H2,1-2H3/t2*13-,16+;13-,16-/m100/s1/i3*2D3. The minimum Gasteiger partial charge on any atom is -0.506 e. The summed E-state index contributed by atoms with van der Waals surface area (Å²) in [4.78, 5) is 12.9. The van der Waals surface area contributed by atoms with Crippen LogP contribution in [0.3, 0.4) is 0 Å². The van der Waals surface area contributed by atoms with Crippen molar-refractivity contribution >= 4 is 0 Å². The van der Waals surface area contributed by atoms with Gasteiger partial charge in [-0.05, 0) is 115 Å². The number of rotatable bonds is 12. The maximum absolute atomic E-state index is 10.5. The summed E-state index contributed by atoms with van der Waals surface area (Å²) in [5.74, 6) is 1.10. The molecule has 0 unspecified atom stereocenters. The SMILES string of the molecule is [2H]C([2H])([2H])n1cc(-c2cnc(-c3ccc(O[C@@H]4C[C@H](C)NC5(CC5)C4)nn3)c(O)c2)cn1.[2H]C([2H])([2H])n1cc(-c2cnc(-c3ccc(O[C@H]4C[C@@H](C)NC5(CC5)C4)nn3)c(O)c2)cn1.[2H]C([2H])([2H])n1cc(-c2cnc(-c3ccc(O[C@H]4C[C@H](C)NC5(CC5)C4)nn3)c(O)c2)cn1. The van der Waals surface area contributed by atoms with Crippen LogP contribution in [0.1, 0.15) is 110 Å². The number of pyridine rings is 3. The van der Waals surface area contributed by atoms with Crippen LogP contribution in [0, 0.1) is 0 Å². The van der Waals surface area contributed by atoms with Crippen molar-refractivity contribution in [2.75, 3.05) is 0 Å². The zero-order chi connectivity index (χ0) is 67.5. The van der Waals surface area contributed by atoms with Crippen LogP contribution in [0.25, 0.3) is 67.5 Å². The number of piperidine rings is 3. The normalized spacial score (nSPS) is 24.5. The third-order valence-electron chi connectivity index (χ3n) is 16.8. The predicted molar refractivity (Wildman–Crippen MR) is 322 cm³/mol. The summed E-state index contributed by atoms with van der Waals surface area (Å²) < 4.78 is 87.6. The molecule has 3 saturated heterocycles. The Balaban J connectivity index is 0.000000130. The number of nitrogens with one attached hydrogen (secondary N) is 3. The van der Waals surface area contributed by atoms with Crippen LogP contribution in [-0.2, 0) is 20.9 Å². The summed E-state index contributed by atoms with van der Waals surface area (Å²) in [7, 11) is 0. The molecule has 0 radical (unpaired) electrons. The molecule has 3 aliphatic heterocycles. The van der Waals surface area contributed by atoms with Gasteiger partial charge < -0.3 is 45.5 Å². The van der Waals surface area contributed by atoms with Crippen molar-refractivity contribution in [3.05, 3.63) is 110 Å². The van der Waals surface area contributed by atoms with Crippen LogP contribution >= 0.6 is 0 Å². The number of nitrogens with zero attached hydrogens (tertiary/aromatic N) is 15. The van der Waals surface area contributed by atoms with Gasteiger partial charge in [0.05, 0.1) is 18.6 Å². The van der Waals surface area contributed by atoms with Gasteiger partial charge in [-0.25, -0.2) is 15.0 Å². The lowest BCUT2D eigenvalue weighted by atomic mass is 9.95. The van der Waals surface area contributed by atoms with Gasteiger partial charge in [-0.1, -0.05) is 0 Å². The number of aromatic nitrogens is 15. The molecule has 450 valence electrons. The Bertz CT molecular complexity index is 3810. The Labute approximate surface area is 515 Å². The maximum atomic E-state index is 10.5. The third-order valence-corrected chi connectivity index (χ3v) is 16.8. The molecule has 0 bridgehead atoms. The second-order valence-corrected chi connectivity index (χ2v) is 24.1. The van der Waals surface area contributed by atoms with Crippen molar-refractivity contribution in [3.8, 4) is 102 Å². The van der Waals surface area contributed by atoms with E-state index in [-0.39, 0.29) is 69.3 Å². The molecule has 3 saturated carbocycles. The molecule has 6 atom stereocenters. The molecule has 87 heavy (non-hydrogen) atoms. The fourth-order valence-corrected chi connectivity index (χ4v) is 12.3. The summed E-state index contributed by atoms with van der Waals surface area (Å²) in [5.41, 5.74) is 6.06. The minimum absolute atomic E-state index is 0.0880. The lowest BCUT2D eigenvalue weighted by Gasteiger charge is -2.34. The van der Waals surface area contributed by atoms with Gasteiger partial charge in [0.2, 0.25) is 17.6 Å². The Morgan fingerprint density at radius 2 is 0.724 bits per heavy atom. The van der Waals surface area contributed by atoms with Gasteiger partial charge in [-0.3, -0.25) is 14.0 Å². The first-order valence-corrected chi connectivity index (χ1v) is 29.2. The number of aromatic hydroxyl groups is 3. The summed E-state index contributed by atoms with van der Waals surface area (Å²) in [6.07, 6.45) is 26.2. The fourth-order valence-electron chi connectivity index (χ4n) is 12.3. The van der Waals surface area contributed by atoms with E-state index in [2.05, 4.69) is 97.6 Å². The molecule has 6 fully saturated rings. The summed E-state index contributed by atoms with van der Waals surface area (Å²) >= 11 is 0. The molecule has 24 nitrogen and oxygen atoms in total. The van der Waals surface area contributed by atoms with E-state index in [1.807, 2.05) is 0 Å². The average molecular weight is 1190 g/mol. The number of ether oxygens (including phenoxy) is 3. The monoisotopic (exact) mass is 1190 g/mol. The largest absolute Gasteiger partial charge is 0.506 e. The third kappa shape index (κ3) is 13.4. The van der Waals surface area contributed by atoms with Crippen LogP contribution in [0.15, 0.2) is 110 Å². The molecular weight excluding hydrogens is 1100 g/mol. The molecule has 6 aliphatic rings. The summed E-state index contributed by atoms with van der Waals surface area (Å²) in [5, 5.41) is 79.1. The summed E-state index contributed by atoms with van der Waals surface area (Å²) in [6, 6.07) is 16.1. The molecular formula is C63H72N18O6. The number of aryl methyl sites for hydroxylation is 3. The Morgan fingerprint density at radius 1 is 0.425 bits per heavy atom. The Morgan fingerprint density at radius 3 is 0.954 bits per heavy atom. The molecule has 15 rings (SSSR count). The van der Waals surface area contributed by atoms with Crippen LogP contribution in [0.5, 0.6) is 34.9 Å². The predicted octanol–water partition coefficient (Wildman–Crippen LogP) is 8.09. The van der Waals surface area contributed by atoms with E-state index in [4.69, 9.17) is 26.5 Å². The van der Waals surface area contributed by atoms with Gasteiger partial charge in [0, 0.05) is 176 Å². The van der Waals surface area contributed by atoms with Crippen molar-refractivity contribution in [2.24, 2.45) is 20.9 Å². The van der Waals surface area contributed by atoms with Gasteiger partial charge in [0.15, 0.2) is 0 Å². The molecule has 6 N–H and O–H groups in total. The molecule has 0 amide bonds. The molecule has 0 aromatic carbocycles. The van der Waals surface area contributed by atoms with Crippen LogP contribution in [0.2, 0.25) is 0 Å². The van der Waals surface area contributed by atoms with Crippen molar-refractivity contribution in [3.63, 3.8) is 0 Å². The van der Waals surface area contributed by atoms with Gasteiger partial charge >= 0.3 is 0 Å². The second kappa shape index (κ2) is 23.4. The van der Waals surface area contributed by atoms with Crippen molar-refractivity contribution < 1.29 is 41.9 Å². The van der Waals surface area contributed by atoms with Gasteiger partial charge in [0.25, 0.3) is 0 Å². The first-order chi connectivity index (χ1) is 45.6. The highest BCUT2D eigenvalue weighted by molar-refractivity contribution is 5.72. The number of hydrogen-bond acceptors (Lipinski definition) is 21. The lowest BCUT2D eigenvalue weighted by Crippen LogP contribution is -2.49. The lowest BCUT2D eigenvalue weighted by molar-refractivity contribution is 0.106. The van der Waals surface area contributed by atoms with Gasteiger partial charge in [-0.2, -0.15) is 15.3 Å². The van der Waals surface area contributed by atoms with Gasteiger partial charge in [-0.15, -0.1) is 30.6 Å². The highest BCUT2D eigenvalue weighted by atomic mass is 16.5. The molecule has 9 aromatic heterocycles. The topological polar surface area (TPSA) is 294 Å². The van der Waals surface area contributed by atoms with Crippen LogP contribution in [0.4, 0.5) is 0 Å². The van der Waals surface area contributed by atoms with E-state index >= 15 is 0 Å². The Kier molecular flexibility index (Phi) is 12.7. The zero-order valence-corrected chi connectivity index (χ0v) is 48.1. The highest BCUT2D eigenvalue weighted by Crippen LogP contribution is 2.46. The van der Waals surface area contributed by atoms with E-state index < -0.39 is 20.9 Å². The van der Waals surface area contributed by atoms with E-state index in [1.165, 1.54) is 112 Å². The van der Waals surface area contributed by atoms with E-state index in [0.29, 0.717) is 86.2 Å². The maximum Gasteiger partial charge on any atom is 0.233 e. The fraction of sp³-hybridized carbons (Fsp3) is 0.429. The molecule has 12 heterocycles. The molecule has 3 spiro atoms. The Hall–Kier alpha value is -9.00. The average Bonchev–Trinajstić information content (AvgIpc) is 1.56. The van der Waals surface area contributed by atoms with E-state index in [1.54, 1.807) is 36.4 Å². The molecule has 24 heteroatoms. The van der Waals surface area contributed by atoms with Crippen molar-refractivity contribution in [1.82, 2.24) is 90.8 Å². The first kappa shape index (κ1) is 47.2. The van der Waals surface area contributed by atoms with Crippen molar-refractivity contribution in [2.45, 2.75) is 151 Å². The second-order valence-electron chi connectivity index (χ2n) is 24.1. The van der Waals surface area contributed by atoms with Crippen LogP contribution < -0.4 is 30.2 Å². The quantitative estimate of drug-likeness (QED) is 0.0673.